The molecular formula is C15H18N4O3S. The lowest BCUT2D eigenvalue weighted by atomic mass is 10.2. The Balaban J connectivity index is 1.60. The second-order valence-electron chi connectivity index (χ2n) is 5.56. The summed E-state index contributed by atoms with van der Waals surface area (Å²) in [5, 5.41) is 9.61. The van der Waals surface area contributed by atoms with Crippen molar-refractivity contribution in [3.8, 4) is 0 Å². The zero-order chi connectivity index (χ0) is 16.3. The van der Waals surface area contributed by atoms with Gasteiger partial charge in [0.2, 0.25) is 0 Å². The zero-order valence-electron chi connectivity index (χ0n) is 12.5. The molecule has 2 heterocycles. The predicted octanol–water partition coefficient (Wildman–Crippen LogP) is 1.24. The molecule has 1 aliphatic rings. The molecule has 3 rings (SSSR count). The van der Waals surface area contributed by atoms with E-state index in [2.05, 4.69) is 15.7 Å². The van der Waals surface area contributed by atoms with Gasteiger partial charge < -0.3 is 5.32 Å². The number of carbonyl (C=O) groups excluding carboxylic acids is 1. The van der Waals surface area contributed by atoms with Crippen molar-refractivity contribution in [3.63, 3.8) is 0 Å². The first-order chi connectivity index (χ1) is 11.0. The number of anilines is 1. The van der Waals surface area contributed by atoms with Gasteiger partial charge in [0.05, 0.1) is 24.2 Å². The van der Waals surface area contributed by atoms with E-state index in [-0.39, 0.29) is 17.5 Å². The van der Waals surface area contributed by atoms with Gasteiger partial charge in [-0.1, -0.05) is 30.3 Å². The summed E-state index contributed by atoms with van der Waals surface area (Å²) in [7, 11) is -3.01. The monoisotopic (exact) mass is 334 g/mol. The molecular weight excluding hydrogens is 316 g/mol. The van der Waals surface area contributed by atoms with Gasteiger partial charge in [0.25, 0.3) is 0 Å². The number of aromatic nitrogens is 2. The maximum atomic E-state index is 12.0. The topological polar surface area (TPSA) is 93.1 Å². The number of hydrogen-bond acceptors (Lipinski definition) is 4. The third kappa shape index (κ3) is 4.10. The van der Waals surface area contributed by atoms with Gasteiger partial charge in [-0.3, -0.25) is 5.32 Å². The molecule has 1 atom stereocenters. The number of nitrogens with zero attached hydrogens (tertiary/aromatic N) is 2. The molecule has 1 saturated heterocycles. The van der Waals surface area contributed by atoms with Gasteiger partial charge in [-0.25, -0.2) is 17.9 Å². The molecule has 2 N–H and O–H groups in total. The predicted molar refractivity (Wildman–Crippen MR) is 87.0 cm³/mol. The normalized spacial score (nSPS) is 19.4. The van der Waals surface area contributed by atoms with E-state index in [1.807, 2.05) is 30.3 Å². The Kier molecular flexibility index (Phi) is 4.33. The highest BCUT2D eigenvalue weighted by Crippen LogP contribution is 2.13. The van der Waals surface area contributed by atoms with Gasteiger partial charge in [0.1, 0.15) is 5.82 Å². The molecule has 0 aliphatic carbocycles. The molecule has 0 bridgehead atoms. The fourth-order valence-corrected chi connectivity index (χ4v) is 4.24. The van der Waals surface area contributed by atoms with E-state index in [1.165, 1.54) is 0 Å². The van der Waals surface area contributed by atoms with Crippen molar-refractivity contribution in [1.29, 1.82) is 0 Å². The number of benzene rings is 1. The van der Waals surface area contributed by atoms with E-state index in [0.717, 1.165) is 5.56 Å². The van der Waals surface area contributed by atoms with Gasteiger partial charge >= 0.3 is 6.03 Å². The second-order valence-corrected chi connectivity index (χ2v) is 7.79. The molecule has 2 aromatic rings. The van der Waals surface area contributed by atoms with Crippen LogP contribution in [0, 0.1) is 0 Å². The number of nitrogens with one attached hydrogen (secondary N) is 2. The molecule has 1 aromatic heterocycles. The van der Waals surface area contributed by atoms with Crippen LogP contribution in [0.5, 0.6) is 0 Å². The Morgan fingerprint density at radius 2 is 2.04 bits per heavy atom. The van der Waals surface area contributed by atoms with Crippen LogP contribution in [-0.4, -0.2) is 41.8 Å². The quantitative estimate of drug-likeness (QED) is 0.880. The molecule has 0 unspecified atom stereocenters. The Bertz CT molecular complexity index is 786. The third-order valence-corrected chi connectivity index (χ3v) is 5.47. The highest BCUT2D eigenvalue weighted by molar-refractivity contribution is 7.91. The molecule has 122 valence electrons. The minimum absolute atomic E-state index is 0.00367. The number of hydrogen-bond donors (Lipinski definition) is 2. The smallest absolute Gasteiger partial charge is 0.320 e. The van der Waals surface area contributed by atoms with Crippen LogP contribution in [0.2, 0.25) is 0 Å². The molecule has 0 saturated carbocycles. The van der Waals surface area contributed by atoms with Crippen LogP contribution in [0.25, 0.3) is 0 Å². The van der Waals surface area contributed by atoms with Crippen molar-refractivity contribution in [2.75, 3.05) is 16.8 Å². The summed E-state index contributed by atoms with van der Waals surface area (Å²) in [6.45, 7) is 0.543. The first-order valence-corrected chi connectivity index (χ1v) is 9.18. The molecule has 23 heavy (non-hydrogen) atoms. The summed E-state index contributed by atoms with van der Waals surface area (Å²) in [5.74, 6) is 0.695. The minimum atomic E-state index is -3.01. The average molecular weight is 334 g/mol. The molecule has 1 fully saturated rings. The van der Waals surface area contributed by atoms with Crippen molar-refractivity contribution in [2.24, 2.45) is 0 Å². The minimum Gasteiger partial charge on any atom is -0.334 e. The molecule has 1 aromatic carbocycles. The lowest BCUT2D eigenvalue weighted by molar-refractivity contribution is 0.249. The first-order valence-electron chi connectivity index (χ1n) is 7.35. The number of amides is 2. The third-order valence-electron chi connectivity index (χ3n) is 3.70. The van der Waals surface area contributed by atoms with Crippen LogP contribution in [-0.2, 0) is 16.4 Å². The van der Waals surface area contributed by atoms with E-state index in [1.54, 1.807) is 16.9 Å². The van der Waals surface area contributed by atoms with E-state index >= 15 is 0 Å². The standard InChI is InChI=1S/C15H18N4O3S/c20-15(17-13-7-9-23(21,22)11-13)18-14-6-8-16-19(14)10-12-4-2-1-3-5-12/h1-6,8,13H,7,9-11H2,(H2,17,18,20)/t13-/m1/s1. The Morgan fingerprint density at radius 1 is 1.26 bits per heavy atom. The van der Waals surface area contributed by atoms with Crippen molar-refractivity contribution < 1.29 is 13.2 Å². The number of sulfone groups is 1. The lowest BCUT2D eigenvalue weighted by Crippen LogP contribution is -2.39. The Labute approximate surface area is 134 Å². The van der Waals surface area contributed by atoms with Crippen LogP contribution < -0.4 is 10.6 Å². The zero-order valence-corrected chi connectivity index (χ0v) is 13.3. The summed E-state index contributed by atoms with van der Waals surface area (Å²) in [6.07, 6.45) is 2.07. The van der Waals surface area contributed by atoms with Crippen LogP contribution in [0.1, 0.15) is 12.0 Å². The summed E-state index contributed by atoms with van der Waals surface area (Å²) in [4.78, 5) is 12.0. The van der Waals surface area contributed by atoms with Crippen molar-refractivity contribution in [3.05, 3.63) is 48.2 Å². The molecule has 2 amide bonds. The fourth-order valence-electron chi connectivity index (χ4n) is 2.57. The van der Waals surface area contributed by atoms with Gasteiger partial charge in [0.15, 0.2) is 9.84 Å². The van der Waals surface area contributed by atoms with E-state index in [4.69, 9.17) is 0 Å². The maximum Gasteiger partial charge on any atom is 0.320 e. The van der Waals surface area contributed by atoms with Gasteiger partial charge in [-0.05, 0) is 12.0 Å². The molecule has 1 aliphatic heterocycles. The van der Waals surface area contributed by atoms with Crippen LogP contribution in [0.15, 0.2) is 42.6 Å². The van der Waals surface area contributed by atoms with Gasteiger partial charge in [-0.15, -0.1) is 0 Å². The SMILES string of the molecule is O=C(Nc1ccnn1Cc1ccccc1)N[C@@H]1CCS(=O)(=O)C1. The molecule has 0 radical (unpaired) electrons. The summed E-state index contributed by atoms with van der Waals surface area (Å²) in [6, 6.07) is 10.7. The van der Waals surface area contributed by atoms with Crippen LogP contribution in [0.3, 0.4) is 0 Å². The Hall–Kier alpha value is -2.35. The molecule has 0 spiro atoms. The van der Waals surface area contributed by atoms with Gasteiger partial charge in [0, 0.05) is 12.1 Å². The highest BCUT2D eigenvalue weighted by atomic mass is 32.2. The molecule has 7 nitrogen and oxygen atoms in total. The number of carbonyl (C=O) groups is 1. The maximum absolute atomic E-state index is 12.0. The van der Waals surface area contributed by atoms with Crippen molar-refractivity contribution >= 4 is 21.7 Å². The lowest BCUT2D eigenvalue weighted by Gasteiger charge is -2.13. The highest BCUT2D eigenvalue weighted by Gasteiger charge is 2.29. The number of rotatable bonds is 4. The summed E-state index contributed by atoms with van der Waals surface area (Å²) >= 11 is 0. The average Bonchev–Trinajstić information content (AvgIpc) is 3.06. The van der Waals surface area contributed by atoms with E-state index in [0.29, 0.717) is 18.8 Å². The van der Waals surface area contributed by atoms with E-state index < -0.39 is 15.9 Å². The van der Waals surface area contributed by atoms with E-state index in [9.17, 15) is 13.2 Å². The first kappa shape index (κ1) is 15.5. The van der Waals surface area contributed by atoms with Gasteiger partial charge in [-0.2, -0.15) is 5.10 Å². The van der Waals surface area contributed by atoms with Crippen molar-refractivity contribution in [2.45, 2.75) is 19.0 Å². The molecule has 8 heteroatoms. The second kappa shape index (κ2) is 6.41. The fraction of sp³-hybridized carbons (Fsp3) is 0.333. The Morgan fingerprint density at radius 3 is 2.74 bits per heavy atom. The number of urea groups is 1. The van der Waals surface area contributed by atoms with Crippen LogP contribution in [0.4, 0.5) is 10.6 Å². The summed E-state index contributed by atoms with van der Waals surface area (Å²) < 4.78 is 24.5. The van der Waals surface area contributed by atoms with Crippen molar-refractivity contribution in [1.82, 2.24) is 15.1 Å². The van der Waals surface area contributed by atoms with Crippen LogP contribution >= 0.6 is 0 Å². The summed E-state index contributed by atoms with van der Waals surface area (Å²) in [5.41, 5.74) is 1.07. The largest absolute Gasteiger partial charge is 0.334 e.